The first-order chi connectivity index (χ1) is 6.77. The molecule has 0 aromatic carbocycles. The molecule has 0 aliphatic carbocycles. The second-order valence-electron chi connectivity index (χ2n) is 4.26. The van der Waals surface area contributed by atoms with Crippen LogP contribution in [0, 0.1) is 0 Å². The molecule has 0 spiro atoms. The summed E-state index contributed by atoms with van der Waals surface area (Å²) in [6.07, 6.45) is 3.55. The fourth-order valence-electron chi connectivity index (χ4n) is 2.17. The topological polar surface area (TPSA) is 15.3 Å². The number of rotatable bonds is 4. The molecule has 1 heterocycles. The van der Waals surface area contributed by atoms with Gasteiger partial charge in [0.2, 0.25) is 0 Å². The SMILES string of the molecule is CCCC1CN(CCF)C(C)CCN1. The molecule has 0 aromatic rings. The van der Waals surface area contributed by atoms with Gasteiger partial charge in [0.25, 0.3) is 0 Å². The Hall–Kier alpha value is -0.150. The standard InChI is InChI=1S/C11H23FN2/c1-3-4-11-9-14(8-6-12)10(2)5-7-13-11/h10-11,13H,3-9H2,1-2H3. The van der Waals surface area contributed by atoms with E-state index in [2.05, 4.69) is 24.1 Å². The highest BCUT2D eigenvalue weighted by Gasteiger charge is 2.21. The Morgan fingerprint density at radius 1 is 1.50 bits per heavy atom. The molecule has 0 radical (unpaired) electrons. The fraction of sp³-hybridized carbons (Fsp3) is 1.00. The van der Waals surface area contributed by atoms with E-state index in [-0.39, 0.29) is 6.67 Å². The summed E-state index contributed by atoms with van der Waals surface area (Å²) >= 11 is 0. The Labute approximate surface area is 86.9 Å². The van der Waals surface area contributed by atoms with Crippen molar-refractivity contribution in [2.75, 3.05) is 26.3 Å². The molecule has 14 heavy (non-hydrogen) atoms. The predicted molar refractivity (Wildman–Crippen MR) is 58.3 cm³/mol. The normalized spacial score (nSPS) is 30.2. The molecule has 84 valence electrons. The van der Waals surface area contributed by atoms with Gasteiger partial charge in [0.15, 0.2) is 0 Å². The monoisotopic (exact) mass is 202 g/mol. The Morgan fingerprint density at radius 2 is 2.29 bits per heavy atom. The summed E-state index contributed by atoms with van der Waals surface area (Å²) in [6.45, 7) is 6.88. The van der Waals surface area contributed by atoms with Crippen LogP contribution in [0.2, 0.25) is 0 Å². The average molecular weight is 202 g/mol. The molecular formula is C11H23FN2. The van der Waals surface area contributed by atoms with E-state index < -0.39 is 0 Å². The Balaban J connectivity index is 2.44. The van der Waals surface area contributed by atoms with Crippen molar-refractivity contribution < 1.29 is 4.39 Å². The second kappa shape index (κ2) is 6.36. The van der Waals surface area contributed by atoms with Crippen molar-refractivity contribution in [1.82, 2.24) is 10.2 Å². The molecular weight excluding hydrogens is 179 g/mol. The molecule has 1 aliphatic heterocycles. The van der Waals surface area contributed by atoms with Gasteiger partial charge in [-0.2, -0.15) is 0 Å². The molecule has 2 nitrogen and oxygen atoms in total. The summed E-state index contributed by atoms with van der Waals surface area (Å²) in [5.41, 5.74) is 0. The second-order valence-corrected chi connectivity index (χ2v) is 4.26. The molecule has 1 saturated heterocycles. The van der Waals surface area contributed by atoms with E-state index in [4.69, 9.17) is 0 Å². The molecule has 2 atom stereocenters. The third-order valence-corrected chi connectivity index (χ3v) is 3.08. The van der Waals surface area contributed by atoms with Gasteiger partial charge in [-0.1, -0.05) is 13.3 Å². The molecule has 2 unspecified atom stereocenters. The largest absolute Gasteiger partial charge is 0.313 e. The fourth-order valence-corrected chi connectivity index (χ4v) is 2.17. The molecule has 0 bridgehead atoms. The van der Waals surface area contributed by atoms with Crippen LogP contribution in [0.1, 0.15) is 33.1 Å². The molecule has 0 amide bonds. The summed E-state index contributed by atoms with van der Waals surface area (Å²) in [4.78, 5) is 2.28. The summed E-state index contributed by atoms with van der Waals surface area (Å²) in [7, 11) is 0. The van der Waals surface area contributed by atoms with Crippen LogP contribution in [-0.4, -0.2) is 43.3 Å². The lowest BCUT2D eigenvalue weighted by molar-refractivity contribution is 0.186. The third kappa shape index (κ3) is 3.54. The van der Waals surface area contributed by atoms with Gasteiger partial charge in [-0.25, -0.2) is 4.39 Å². The maximum atomic E-state index is 12.3. The van der Waals surface area contributed by atoms with Crippen LogP contribution in [0.15, 0.2) is 0 Å². The van der Waals surface area contributed by atoms with E-state index in [1.165, 1.54) is 12.8 Å². The average Bonchev–Trinajstić information content (AvgIpc) is 2.31. The minimum Gasteiger partial charge on any atom is -0.313 e. The van der Waals surface area contributed by atoms with Gasteiger partial charge < -0.3 is 5.32 Å². The zero-order valence-corrected chi connectivity index (χ0v) is 9.43. The van der Waals surface area contributed by atoms with Crippen LogP contribution in [0.4, 0.5) is 4.39 Å². The maximum Gasteiger partial charge on any atom is 0.102 e. The smallest absolute Gasteiger partial charge is 0.102 e. The number of hydrogen-bond acceptors (Lipinski definition) is 2. The molecule has 1 rings (SSSR count). The van der Waals surface area contributed by atoms with Crippen LogP contribution < -0.4 is 5.32 Å². The highest BCUT2D eigenvalue weighted by atomic mass is 19.1. The Kier molecular flexibility index (Phi) is 5.41. The van der Waals surface area contributed by atoms with Crippen molar-refractivity contribution in [3.05, 3.63) is 0 Å². The van der Waals surface area contributed by atoms with E-state index in [9.17, 15) is 4.39 Å². The zero-order chi connectivity index (χ0) is 10.4. The maximum absolute atomic E-state index is 12.3. The molecule has 1 N–H and O–H groups in total. The quantitative estimate of drug-likeness (QED) is 0.748. The minimum atomic E-state index is -0.219. The van der Waals surface area contributed by atoms with Gasteiger partial charge in [-0.3, -0.25) is 4.90 Å². The molecule has 0 saturated carbocycles. The lowest BCUT2D eigenvalue weighted by atomic mass is 10.1. The number of nitrogens with zero attached hydrogens (tertiary/aromatic N) is 1. The van der Waals surface area contributed by atoms with Gasteiger partial charge in [0.1, 0.15) is 6.67 Å². The van der Waals surface area contributed by atoms with Gasteiger partial charge in [-0.15, -0.1) is 0 Å². The van der Waals surface area contributed by atoms with E-state index in [1.54, 1.807) is 0 Å². The molecule has 0 aromatic heterocycles. The number of alkyl halides is 1. The van der Waals surface area contributed by atoms with Gasteiger partial charge in [0, 0.05) is 25.2 Å². The van der Waals surface area contributed by atoms with Crippen LogP contribution in [0.25, 0.3) is 0 Å². The number of nitrogens with one attached hydrogen (secondary N) is 1. The van der Waals surface area contributed by atoms with E-state index >= 15 is 0 Å². The van der Waals surface area contributed by atoms with Gasteiger partial charge in [-0.05, 0) is 26.3 Å². The summed E-state index contributed by atoms with van der Waals surface area (Å²) in [6, 6.07) is 1.09. The summed E-state index contributed by atoms with van der Waals surface area (Å²) < 4.78 is 12.3. The number of hydrogen-bond donors (Lipinski definition) is 1. The van der Waals surface area contributed by atoms with Crippen LogP contribution in [-0.2, 0) is 0 Å². The predicted octanol–water partition coefficient (Wildman–Crippen LogP) is 1.81. The molecule has 1 fully saturated rings. The molecule has 3 heteroatoms. The van der Waals surface area contributed by atoms with E-state index in [1.807, 2.05) is 0 Å². The van der Waals surface area contributed by atoms with Crippen molar-refractivity contribution in [3.63, 3.8) is 0 Å². The number of halogens is 1. The van der Waals surface area contributed by atoms with Crippen molar-refractivity contribution in [2.24, 2.45) is 0 Å². The summed E-state index contributed by atoms with van der Waals surface area (Å²) in [5.74, 6) is 0. The highest BCUT2D eigenvalue weighted by molar-refractivity contribution is 4.80. The third-order valence-electron chi connectivity index (χ3n) is 3.08. The highest BCUT2D eigenvalue weighted by Crippen LogP contribution is 2.11. The van der Waals surface area contributed by atoms with Crippen LogP contribution in [0.3, 0.4) is 0 Å². The minimum absolute atomic E-state index is 0.219. The first-order valence-corrected chi connectivity index (χ1v) is 5.81. The zero-order valence-electron chi connectivity index (χ0n) is 9.43. The van der Waals surface area contributed by atoms with Crippen LogP contribution >= 0.6 is 0 Å². The van der Waals surface area contributed by atoms with Crippen molar-refractivity contribution in [2.45, 2.75) is 45.2 Å². The molecule has 1 aliphatic rings. The first kappa shape index (κ1) is 11.9. The Bertz CT molecular complexity index is 152. The van der Waals surface area contributed by atoms with Gasteiger partial charge in [0.05, 0.1) is 0 Å². The van der Waals surface area contributed by atoms with Crippen LogP contribution in [0.5, 0.6) is 0 Å². The van der Waals surface area contributed by atoms with Crippen molar-refractivity contribution in [1.29, 1.82) is 0 Å². The van der Waals surface area contributed by atoms with Gasteiger partial charge >= 0.3 is 0 Å². The lowest BCUT2D eigenvalue weighted by Gasteiger charge is -2.27. The van der Waals surface area contributed by atoms with E-state index in [0.717, 1.165) is 19.5 Å². The lowest BCUT2D eigenvalue weighted by Crippen LogP contribution is -2.41. The van der Waals surface area contributed by atoms with Crippen molar-refractivity contribution in [3.8, 4) is 0 Å². The summed E-state index contributed by atoms with van der Waals surface area (Å²) in [5, 5.41) is 3.54. The van der Waals surface area contributed by atoms with Crippen molar-refractivity contribution >= 4 is 0 Å². The Morgan fingerprint density at radius 3 is 2.93 bits per heavy atom. The first-order valence-electron chi connectivity index (χ1n) is 5.81. The van der Waals surface area contributed by atoms with E-state index in [0.29, 0.717) is 18.6 Å².